The van der Waals surface area contributed by atoms with Gasteiger partial charge in [-0.05, 0) is 13.8 Å². The predicted molar refractivity (Wildman–Crippen MR) is 47.5 cm³/mol. The number of esters is 1. The van der Waals surface area contributed by atoms with Crippen LogP contribution in [-0.2, 0) is 14.3 Å². The summed E-state index contributed by atoms with van der Waals surface area (Å²) in [4.78, 5) is 21.9. The van der Waals surface area contributed by atoms with Crippen molar-refractivity contribution in [2.45, 2.75) is 18.1 Å². The molecule has 0 N–H and O–H groups in total. The van der Waals surface area contributed by atoms with Gasteiger partial charge in [-0.25, -0.2) is 0 Å². The van der Waals surface area contributed by atoms with Crippen molar-refractivity contribution in [3.63, 3.8) is 0 Å². The normalized spacial score (nSPS) is 15.2. The first-order valence-corrected chi connectivity index (χ1v) is 4.09. The average Bonchev–Trinajstić information content (AvgIpc) is 1.88. The molecule has 0 aromatic heterocycles. The van der Waals surface area contributed by atoms with Crippen molar-refractivity contribution < 1.29 is 14.3 Å². The molecule has 0 aliphatic rings. The Morgan fingerprint density at radius 3 is 2.36 bits per heavy atom. The van der Waals surface area contributed by atoms with Gasteiger partial charge in [-0.2, -0.15) is 0 Å². The predicted octanol–water partition coefficient (Wildman–Crippen LogP) is -0.137. The third kappa shape index (κ3) is 2.65. The van der Waals surface area contributed by atoms with Gasteiger partial charge < -0.3 is 4.74 Å². The third-order valence-electron chi connectivity index (χ3n) is 1.32. The molecule has 0 spiro atoms. The minimum atomic E-state index is -1.18. The summed E-state index contributed by atoms with van der Waals surface area (Å²) in [5, 5.41) is 0. The molecule has 1 unspecified atom stereocenters. The van der Waals surface area contributed by atoms with Crippen LogP contribution < -0.4 is 0 Å². The van der Waals surface area contributed by atoms with Gasteiger partial charge in [0.2, 0.25) is 0 Å². The number of halogens is 1. The van der Waals surface area contributed by atoms with Gasteiger partial charge in [-0.1, -0.05) is 15.9 Å². The van der Waals surface area contributed by atoms with E-state index >= 15 is 0 Å². The fraction of sp³-hybridized carbons (Fsp3) is 0.667. The van der Waals surface area contributed by atoms with Crippen molar-refractivity contribution in [2.75, 3.05) is 6.61 Å². The van der Waals surface area contributed by atoms with E-state index in [4.69, 9.17) is 0 Å². The highest BCUT2D eigenvalue weighted by atomic mass is 79.9. The maximum absolute atomic E-state index is 11.0. The van der Waals surface area contributed by atoms with Gasteiger partial charge in [0.1, 0.15) is 17.9 Å². The molecule has 0 radical (unpaired) electrons. The van der Waals surface area contributed by atoms with E-state index in [1.165, 1.54) is 14.8 Å². The molecular weight excluding hydrogens is 211 g/mol. The lowest BCUT2D eigenvalue weighted by molar-refractivity contribution is -0.145. The molecule has 62 valence electrons. The van der Waals surface area contributed by atoms with Crippen LogP contribution in [0, 0.1) is 0 Å². The first-order chi connectivity index (χ1) is 4.92. The smallest absolute Gasteiger partial charge is 0.321 e. The Labute approximate surface area is 75.0 Å². The monoisotopic (exact) mass is 220 g/mol. The molecule has 5 heteroatoms. The lowest BCUT2D eigenvalue weighted by Gasteiger charge is -2.16. The van der Waals surface area contributed by atoms with E-state index in [1.807, 2.05) is 0 Å². The molecule has 3 nitrogen and oxygen atoms in total. The summed E-state index contributed by atoms with van der Waals surface area (Å²) >= 11 is 2.99. The van der Waals surface area contributed by atoms with E-state index in [9.17, 15) is 9.59 Å². The number of carbonyl (C=O) groups is 2. The Hall–Kier alpha value is -0.315. The van der Waals surface area contributed by atoms with Crippen LogP contribution in [0.15, 0.2) is 0 Å². The van der Waals surface area contributed by atoms with Crippen molar-refractivity contribution >= 4 is 35.5 Å². The second kappa shape index (κ2) is 3.90. The maximum Gasteiger partial charge on any atom is 0.321 e. The number of hydrogen-bond acceptors (Lipinski definition) is 3. The summed E-state index contributed by atoms with van der Waals surface area (Å²) in [6.45, 7) is 3.32. The Kier molecular flexibility index (Phi) is 3.79. The maximum atomic E-state index is 11.0. The molecule has 0 aliphatic heterocycles. The van der Waals surface area contributed by atoms with Gasteiger partial charge in [-0.15, -0.1) is 0 Å². The minimum Gasteiger partial charge on any atom is -0.465 e. The van der Waals surface area contributed by atoms with Gasteiger partial charge in [0.25, 0.3) is 0 Å². The van der Waals surface area contributed by atoms with Crippen LogP contribution in [0.3, 0.4) is 0 Å². The fourth-order valence-corrected chi connectivity index (χ4v) is 0.525. The van der Waals surface area contributed by atoms with Gasteiger partial charge >= 0.3 is 5.97 Å². The Bertz CT molecular complexity index is 179. The van der Waals surface area contributed by atoms with Gasteiger partial charge in [0, 0.05) is 0 Å². The van der Waals surface area contributed by atoms with Crippen LogP contribution in [0.25, 0.3) is 0 Å². The van der Waals surface area contributed by atoms with Gasteiger partial charge in [0.05, 0.1) is 6.61 Å². The summed E-state index contributed by atoms with van der Waals surface area (Å²) < 4.78 is 3.48. The first-order valence-electron chi connectivity index (χ1n) is 3.30. The molecule has 0 aliphatic carbocycles. The van der Waals surface area contributed by atoms with Crippen molar-refractivity contribution in [2.24, 2.45) is 0 Å². The lowest BCUT2D eigenvalue weighted by Crippen LogP contribution is -2.41. The van der Waals surface area contributed by atoms with E-state index in [2.05, 4.69) is 20.7 Å². The van der Waals surface area contributed by atoms with Gasteiger partial charge in [-0.3, -0.25) is 9.59 Å². The quantitative estimate of drug-likeness (QED) is 0.288. The highest BCUT2D eigenvalue weighted by Gasteiger charge is 2.36. The number of hydrogen-bond donors (Lipinski definition) is 0. The molecule has 1 atom stereocenters. The molecule has 0 bridgehead atoms. The van der Waals surface area contributed by atoms with Crippen LogP contribution in [0.5, 0.6) is 0 Å². The number of alkyl halides is 1. The SMILES string of the molecule is BC(Br)(C(C)=O)C(=O)OCC. The molecule has 0 fully saturated rings. The number of carbonyl (C=O) groups excluding carboxylic acids is 2. The van der Waals surface area contributed by atoms with Crippen molar-refractivity contribution in [3.8, 4) is 0 Å². The Morgan fingerprint density at radius 2 is 2.09 bits per heavy atom. The molecule has 0 saturated heterocycles. The molecule has 0 amide bonds. The van der Waals surface area contributed by atoms with E-state index < -0.39 is 10.2 Å². The summed E-state index contributed by atoms with van der Waals surface area (Å²) in [6, 6.07) is 0. The van der Waals surface area contributed by atoms with E-state index in [0.717, 1.165) is 0 Å². The summed E-state index contributed by atoms with van der Waals surface area (Å²) in [6.07, 6.45) is 0. The second-order valence-corrected chi connectivity index (χ2v) is 3.87. The second-order valence-electron chi connectivity index (χ2n) is 2.28. The van der Waals surface area contributed by atoms with Crippen molar-refractivity contribution in [1.29, 1.82) is 0 Å². The van der Waals surface area contributed by atoms with E-state index in [-0.39, 0.29) is 12.4 Å². The molecule has 0 aromatic carbocycles. The topological polar surface area (TPSA) is 43.4 Å². The zero-order valence-corrected chi connectivity index (χ0v) is 8.40. The van der Waals surface area contributed by atoms with E-state index in [1.54, 1.807) is 6.92 Å². The summed E-state index contributed by atoms with van der Waals surface area (Å²) in [5.41, 5.74) is 0. The van der Waals surface area contributed by atoms with Crippen LogP contribution in [0.2, 0.25) is 0 Å². The van der Waals surface area contributed by atoms with Crippen LogP contribution >= 0.6 is 15.9 Å². The zero-order chi connectivity index (χ0) is 9.07. The molecule has 0 heterocycles. The first kappa shape index (κ1) is 10.7. The fourth-order valence-electron chi connectivity index (χ4n) is 0.410. The molecule has 0 saturated carbocycles. The Balaban J connectivity index is 4.30. The number of ether oxygens (including phenoxy) is 1. The van der Waals surface area contributed by atoms with Crippen LogP contribution in [-0.4, -0.2) is 30.4 Å². The lowest BCUT2D eigenvalue weighted by atomic mass is 9.84. The molecule has 11 heavy (non-hydrogen) atoms. The summed E-state index contributed by atoms with van der Waals surface area (Å²) in [5.74, 6) is -0.788. The van der Waals surface area contributed by atoms with E-state index in [0.29, 0.717) is 0 Å². The highest BCUT2D eigenvalue weighted by molar-refractivity contribution is 9.11. The molecular formula is C6H10BBrO3. The zero-order valence-electron chi connectivity index (χ0n) is 6.81. The molecule has 0 rings (SSSR count). The number of rotatable bonds is 3. The molecule has 0 aromatic rings. The minimum absolute atomic E-state index is 0.254. The van der Waals surface area contributed by atoms with Crippen LogP contribution in [0.4, 0.5) is 0 Å². The highest BCUT2D eigenvalue weighted by Crippen LogP contribution is 2.16. The van der Waals surface area contributed by atoms with Crippen molar-refractivity contribution in [3.05, 3.63) is 0 Å². The third-order valence-corrected chi connectivity index (χ3v) is 2.20. The average molecular weight is 221 g/mol. The standard InChI is InChI=1S/C6H10BBrO3/c1-3-11-5(10)6(7,8)4(2)9/h3,7H2,1-2H3. The summed E-state index contributed by atoms with van der Waals surface area (Å²) in [7, 11) is 1.48. The Morgan fingerprint density at radius 1 is 1.64 bits per heavy atom. The van der Waals surface area contributed by atoms with Gasteiger partial charge in [0.15, 0.2) is 0 Å². The van der Waals surface area contributed by atoms with Crippen LogP contribution in [0.1, 0.15) is 13.8 Å². The number of Topliss-reactive ketones (excluding diaryl/α,β-unsaturated/α-hetero) is 1. The number of ketones is 1. The largest absolute Gasteiger partial charge is 0.465 e. The van der Waals surface area contributed by atoms with Crippen molar-refractivity contribution in [1.82, 2.24) is 0 Å².